The highest BCUT2D eigenvalue weighted by atomic mass is 35.5. The minimum atomic E-state index is 0.0168. The van der Waals surface area contributed by atoms with E-state index >= 15 is 0 Å². The molecule has 5 nitrogen and oxygen atoms in total. The number of pyridine rings is 1. The summed E-state index contributed by atoms with van der Waals surface area (Å²) < 4.78 is 5.82. The van der Waals surface area contributed by atoms with Crippen LogP contribution in [0.15, 0.2) is 48.2 Å². The number of fused-ring (bicyclic) bond motifs is 1. The SMILES string of the molecule is O=C(C1=Cc2cc(Cl)ccc2OC1)N(Cc1ccccn1)C1CCCNCC1. The highest BCUT2D eigenvalue weighted by Crippen LogP contribution is 2.30. The van der Waals surface area contributed by atoms with E-state index in [1.165, 1.54) is 0 Å². The quantitative estimate of drug-likeness (QED) is 0.855. The lowest BCUT2D eigenvalue weighted by Crippen LogP contribution is -2.42. The molecule has 1 fully saturated rings. The van der Waals surface area contributed by atoms with Crippen LogP contribution in [0.5, 0.6) is 5.75 Å². The maximum absolute atomic E-state index is 13.5. The average molecular weight is 398 g/mol. The fraction of sp³-hybridized carbons (Fsp3) is 0.364. The van der Waals surface area contributed by atoms with Crippen molar-refractivity contribution in [2.45, 2.75) is 31.8 Å². The number of halogens is 1. The maximum atomic E-state index is 13.5. The molecule has 1 unspecified atom stereocenters. The molecule has 0 radical (unpaired) electrons. The molecule has 2 aromatic rings. The molecule has 0 bridgehead atoms. The van der Waals surface area contributed by atoms with Crippen LogP contribution in [0.3, 0.4) is 0 Å². The Morgan fingerprint density at radius 1 is 1.25 bits per heavy atom. The van der Waals surface area contributed by atoms with Crippen molar-refractivity contribution in [3.63, 3.8) is 0 Å². The van der Waals surface area contributed by atoms with Crippen molar-refractivity contribution in [1.29, 1.82) is 0 Å². The number of nitrogens with one attached hydrogen (secondary N) is 1. The van der Waals surface area contributed by atoms with Crippen molar-refractivity contribution in [2.75, 3.05) is 19.7 Å². The molecule has 1 amide bonds. The molecule has 1 atom stereocenters. The summed E-state index contributed by atoms with van der Waals surface area (Å²) in [6.45, 7) is 2.70. The lowest BCUT2D eigenvalue weighted by atomic mass is 10.0. The molecule has 1 aromatic carbocycles. The van der Waals surface area contributed by atoms with Crippen LogP contribution in [0, 0.1) is 0 Å². The number of carbonyl (C=O) groups excluding carboxylic acids is 1. The maximum Gasteiger partial charge on any atom is 0.253 e. The average Bonchev–Trinajstić information content (AvgIpc) is 3.01. The standard InChI is InChI=1S/C22H24ClN3O2/c23-18-6-7-21-16(13-18)12-17(15-28-21)22(27)26(14-19-4-1-2-10-25-19)20-5-3-9-24-11-8-20/h1-2,4,6-7,10,12-13,20,24H,3,5,8-9,11,14-15H2. The monoisotopic (exact) mass is 397 g/mol. The molecule has 1 saturated heterocycles. The molecular formula is C22H24ClN3O2. The van der Waals surface area contributed by atoms with E-state index in [1.807, 2.05) is 41.3 Å². The summed E-state index contributed by atoms with van der Waals surface area (Å²) in [4.78, 5) is 19.9. The fourth-order valence-electron chi connectivity index (χ4n) is 3.80. The van der Waals surface area contributed by atoms with Crippen molar-refractivity contribution < 1.29 is 9.53 Å². The van der Waals surface area contributed by atoms with Crippen LogP contribution < -0.4 is 10.1 Å². The molecule has 6 heteroatoms. The summed E-state index contributed by atoms with van der Waals surface area (Å²) in [5, 5.41) is 4.06. The minimum absolute atomic E-state index is 0.0168. The molecule has 0 spiro atoms. The summed E-state index contributed by atoms with van der Waals surface area (Å²) in [6, 6.07) is 11.5. The van der Waals surface area contributed by atoms with Gasteiger partial charge in [0.15, 0.2) is 0 Å². The van der Waals surface area contributed by atoms with Gasteiger partial charge in [-0.15, -0.1) is 0 Å². The number of benzene rings is 1. The van der Waals surface area contributed by atoms with E-state index in [2.05, 4.69) is 10.3 Å². The molecule has 2 aliphatic rings. The second-order valence-corrected chi connectivity index (χ2v) is 7.67. The Hall–Kier alpha value is -2.37. The summed E-state index contributed by atoms with van der Waals surface area (Å²) in [6.07, 6.45) is 6.67. The van der Waals surface area contributed by atoms with Gasteiger partial charge >= 0.3 is 0 Å². The van der Waals surface area contributed by atoms with Crippen LogP contribution in [0.2, 0.25) is 5.02 Å². The van der Waals surface area contributed by atoms with Gasteiger partial charge in [0.2, 0.25) is 0 Å². The van der Waals surface area contributed by atoms with Gasteiger partial charge < -0.3 is 15.0 Å². The van der Waals surface area contributed by atoms with Gasteiger partial charge in [0.25, 0.3) is 5.91 Å². The van der Waals surface area contributed by atoms with Gasteiger partial charge in [0.05, 0.1) is 17.8 Å². The van der Waals surface area contributed by atoms with Gasteiger partial charge in [-0.3, -0.25) is 9.78 Å². The highest BCUT2D eigenvalue weighted by molar-refractivity contribution is 6.30. The second kappa shape index (κ2) is 8.76. The van der Waals surface area contributed by atoms with Gasteiger partial charge in [-0.1, -0.05) is 17.7 Å². The molecule has 28 heavy (non-hydrogen) atoms. The number of rotatable bonds is 4. The molecular weight excluding hydrogens is 374 g/mol. The minimum Gasteiger partial charge on any atom is -0.488 e. The third-order valence-corrected chi connectivity index (χ3v) is 5.50. The molecule has 0 saturated carbocycles. The molecule has 146 valence electrons. The number of nitrogens with zero attached hydrogens (tertiary/aromatic N) is 2. The predicted octanol–water partition coefficient (Wildman–Crippen LogP) is 3.68. The number of carbonyl (C=O) groups is 1. The topological polar surface area (TPSA) is 54.5 Å². The van der Waals surface area contributed by atoms with Crippen LogP contribution in [0.25, 0.3) is 6.08 Å². The van der Waals surface area contributed by atoms with E-state index in [4.69, 9.17) is 16.3 Å². The molecule has 1 aromatic heterocycles. The summed E-state index contributed by atoms with van der Waals surface area (Å²) in [5.74, 6) is 0.777. The Labute approximate surface area is 170 Å². The van der Waals surface area contributed by atoms with Gasteiger partial charge in [-0.2, -0.15) is 0 Å². The van der Waals surface area contributed by atoms with Crippen LogP contribution >= 0.6 is 11.6 Å². The summed E-state index contributed by atoms with van der Waals surface area (Å²) in [5.41, 5.74) is 2.40. The lowest BCUT2D eigenvalue weighted by Gasteiger charge is -2.32. The first-order chi connectivity index (χ1) is 13.7. The van der Waals surface area contributed by atoms with Crippen LogP contribution in [-0.4, -0.2) is 41.5 Å². The van der Waals surface area contributed by atoms with Crippen molar-refractivity contribution >= 4 is 23.6 Å². The first kappa shape index (κ1) is 19.0. The smallest absolute Gasteiger partial charge is 0.253 e. The molecule has 2 aliphatic heterocycles. The number of ether oxygens (including phenoxy) is 1. The zero-order chi connectivity index (χ0) is 19.3. The van der Waals surface area contributed by atoms with Gasteiger partial charge in [0, 0.05) is 22.8 Å². The fourth-order valence-corrected chi connectivity index (χ4v) is 3.98. The van der Waals surface area contributed by atoms with E-state index in [-0.39, 0.29) is 18.6 Å². The van der Waals surface area contributed by atoms with Crippen LogP contribution in [0.1, 0.15) is 30.5 Å². The van der Waals surface area contributed by atoms with E-state index < -0.39 is 0 Å². The Morgan fingerprint density at radius 3 is 3.04 bits per heavy atom. The van der Waals surface area contributed by atoms with Crippen LogP contribution in [-0.2, 0) is 11.3 Å². The first-order valence-electron chi connectivity index (χ1n) is 9.75. The first-order valence-corrected chi connectivity index (χ1v) is 10.1. The zero-order valence-corrected chi connectivity index (χ0v) is 16.5. The third kappa shape index (κ3) is 4.37. The Kier molecular flexibility index (Phi) is 5.93. The van der Waals surface area contributed by atoms with E-state index in [1.54, 1.807) is 12.3 Å². The normalized spacial score (nSPS) is 19.0. The number of hydrogen-bond donors (Lipinski definition) is 1. The van der Waals surface area contributed by atoms with Crippen molar-refractivity contribution in [3.8, 4) is 5.75 Å². The molecule has 4 rings (SSSR count). The van der Waals surface area contributed by atoms with Gasteiger partial charge in [0.1, 0.15) is 12.4 Å². The molecule has 1 N–H and O–H groups in total. The van der Waals surface area contributed by atoms with E-state index in [0.29, 0.717) is 17.1 Å². The van der Waals surface area contributed by atoms with E-state index in [9.17, 15) is 4.79 Å². The Balaban J connectivity index is 1.62. The second-order valence-electron chi connectivity index (χ2n) is 7.23. The Bertz CT molecular complexity index is 861. The van der Waals surface area contributed by atoms with E-state index in [0.717, 1.165) is 49.4 Å². The molecule has 3 heterocycles. The summed E-state index contributed by atoms with van der Waals surface area (Å²) in [7, 11) is 0. The van der Waals surface area contributed by atoms with Crippen molar-refractivity contribution in [2.24, 2.45) is 0 Å². The van der Waals surface area contributed by atoms with Gasteiger partial charge in [-0.05, 0) is 68.8 Å². The highest BCUT2D eigenvalue weighted by Gasteiger charge is 2.29. The number of aromatic nitrogens is 1. The summed E-state index contributed by atoms with van der Waals surface area (Å²) >= 11 is 6.12. The number of amides is 1. The number of hydrogen-bond acceptors (Lipinski definition) is 4. The van der Waals surface area contributed by atoms with Crippen molar-refractivity contribution in [1.82, 2.24) is 15.2 Å². The lowest BCUT2D eigenvalue weighted by molar-refractivity contribution is -0.130. The largest absolute Gasteiger partial charge is 0.488 e. The van der Waals surface area contributed by atoms with Crippen molar-refractivity contribution in [3.05, 3.63) is 64.4 Å². The third-order valence-electron chi connectivity index (χ3n) is 5.26. The zero-order valence-electron chi connectivity index (χ0n) is 15.7. The molecule has 0 aliphatic carbocycles. The van der Waals surface area contributed by atoms with Crippen LogP contribution in [0.4, 0.5) is 0 Å². The predicted molar refractivity (Wildman–Crippen MR) is 110 cm³/mol. The Morgan fingerprint density at radius 2 is 2.18 bits per heavy atom. The van der Waals surface area contributed by atoms with Gasteiger partial charge in [-0.25, -0.2) is 0 Å².